The van der Waals surface area contributed by atoms with Crippen LogP contribution in [0.3, 0.4) is 0 Å². The first-order valence-electron chi connectivity index (χ1n) is 7.23. The minimum absolute atomic E-state index is 0.0664. The van der Waals surface area contributed by atoms with Crippen molar-refractivity contribution in [2.45, 2.75) is 40.5 Å². The maximum Gasteiger partial charge on any atom is 0.100 e. The van der Waals surface area contributed by atoms with Crippen molar-refractivity contribution in [3.8, 4) is 0 Å². The molecule has 1 nitrogen and oxygen atoms in total. The molecule has 0 aromatic heterocycles. The van der Waals surface area contributed by atoms with Gasteiger partial charge in [0.25, 0.3) is 0 Å². The van der Waals surface area contributed by atoms with E-state index >= 15 is 0 Å². The van der Waals surface area contributed by atoms with Gasteiger partial charge in [0.2, 0.25) is 0 Å². The third-order valence-corrected chi connectivity index (χ3v) is 3.17. The van der Waals surface area contributed by atoms with Crippen molar-refractivity contribution in [2.24, 2.45) is 4.99 Å². The molecular formula is C19H24FN. The smallest absolute Gasteiger partial charge is 0.100 e. The van der Waals surface area contributed by atoms with Crippen LogP contribution in [0.2, 0.25) is 0 Å². The van der Waals surface area contributed by atoms with E-state index in [0.717, 1.165) is 28.1 Å². The van der Waals surface area contributed by atoms with Crippen LogP contribution in [0.1, 0.15) is 40.5 Å². The molecular weight excluding hydrogens is 261 g/mol. The average molecular weight is 285 g/mol. The standard InChI is InChI=1S/C19H24FN/c1-6-8-16(9-7-2)15(5)19(21-14(3)4)17-10-12-18(20)13-11-17/h6-10,12H,1,11,13H2,2-5H3/b9-7-,16-8+,19-15+. The van der Waals surface area contributed by atoms with Crippen LogP contribution in [-0.4, -0.2) is 5.71 Å². The van der Waals surface area contributed by atoms with Gasteiger partial charge in [-0.15, -0.1) is 0 Å². The summed E-state index contributed by atoms with van der Waals surface area (Å²) in [5.41, 5.74) is 5.15. The van der Waals surface area contributed by atoms with Crippen LogP contribution in [-0.2, 0) is 0 Å². The summed E-state index contributed by atoms with van der Waals surface area (Å²) in [6.07, 6.45) is 12.3. The van der Waals surface area contributed by atoms with Crippen LogP contribution in [0, 0.1) is 0 Å². The quantitative estimate of drug-likeness (QED) is 0.433. The molecule has 0 bridgehead atoms. The van der Waals surface area contributed by atoms with E-state index in [-0.39, 0.29) is 5.83 Å². The lowest BCUT2D eigenvalue weighted by Crippen LogP contribution is -1.99. The summed E-state index contributed by atoms with van der Waals surface area (Å²) in [5.74, 6) is -0.0664. The van der Waals surface area contributed by atoms with Gasteiger partial charge in [-0.2, -0.15) is 0 Å². The van der Waals surface area contributed by atoms with E-state index in [1.165, 1.54) is 0 Å². The zero-order chi connectivity index (χ0) is 15.8. The van der Waals surface area contributed by atoms with Crippen molar-refractivity contribution < 1.29 is 4.39 Å². The van der Waals surface area contributed by atoms with Gasteiger partial charge in [-0.1, -0.05) is 37.0 Å². The molecule has 112 valence electrons. The molecule has 0 aromatic rings. The molecule has 1 rings (SSSR count). The zero-order valence-corrected chi connectivity index (χ0v) is 13.4. The zero-order valence-electron chi connectivity index (χ0n) is 13.4. The fourth-order valence-electron chi connectivity index (χ4n) is 2.18. The highest BCUT2D eigenvalue weighted by atomic mass is 19.1. The minimum Gasteiger partial charge on any atom is -0.258 e. The van der Waals surface area contributed by atoms with Gasteiger partial charge in [-0.25, -0.2) is 4.39 Å². The molecule has 0 saturated carbocycles. The van der Waals surface area contributed by atoms with Gasteiger partial charge in [0.05, 0.1) is 5.70 Å². The fourth-order valence-corrected chi connectivity index (χ4v) is 2.18. The molecule has 0 spiro atoms. The highest BCUT2D eigenvalue weighted by Gasteiger charge is 2.13. The first-order valence-corrected chi connectivity index (χ1v) is 7.23. The van der Waals surface area contributed by atoms with Crippen LogP contribution < -0.4 is 0 Å². The molecule has 0 aliphatic heterocycles. The normalized spacial score (nSPS) is 17.1. The van der Waals surface area contributed by atoms with Crippen LogP contribution in [0.15, 0.2) is 76.3 Å². The number of allylic oxidation sites excluding steroid dienone is 10. The largest absolute Gasteiger partial charge is 0.258 e. The molecule has 0 heterocycles. The maximum atomic E-state index is 13.2. The Morgan fingerprint density at radius 2 is 1.95 bits per heavy atom. The van der Waals surface area contributed by atoms with Gasteiger partial charge in [0.15, 0.2) is 0 Å². The second-order valence-electron chi connectivity index (χ2n) is 5.20. The van der Waals surface area contributed by atoms with E-state index < -0.39 is 0 Å². The summed E-state index contributed by atoms with van der Waals surface area (Å²) < 4.78 is 13.2. The Bertz CT molecular complexity index is 577. The van der Waals surface area contributed by atoms with Gasteiger partial charge >= 0.3 is 0 Å². The van der Waals surface area contributed by atoms with Gasteiger partial charge < -0.3 is 0 Å². The van der Waals surface area contributed by atoms with Crippen LogP contribution in [0.25, 0.3) is 0 Å². The molecule has 0 fully saturated rings. The summed E-state index contributed by atoms with van der Waals surface area (Å²) in [6.45, 7) is 11.7. The predicted molar refractivity (Wildman–Crippen MR) is 91.1 cm³/mol. The number of halogens is 1. The molecule has 0 amide bonds. The van der Waals surface area contributed by atoms with E-state index in [1.807, 2.05) is 52.0 Å². The summed E-state index contributed by atoms with van der Waals surface area (Å²) in [7, 11) is 0. The summed E-state index contributed by atoms with van der Waals surface area (Å²) in [4.78, 5) is 4.68. The molecule has 1 aliphatic rings. The van der Waals surface area contributed by atoms with Crippen LogP contribution in [0.5, 0.6) is 0 Å². The molecule has 0 aromatic carbocycles. The van der Waals surface area contributed by atoms with Crippen molar-refractivity contribution in [3.05, 3.63) is 71.3 Å². The van der Waals surface area contributed by atoms with E-state index in [4.69, 9.17) is 0 Å². The summed E-state index contributed by atoms with van der Waals surface area (Å²) in [5, 5.41) is 0. The Kier molecular flexibility index (Phi) is 6.80. The van der Waals surface area contributed by atoms with Crippen molar-refractivity contribution in [2.75, 3.05) is 0 Å². The van der Waals surface area contributed by atoms with E-state index in [2.05, 4.69) is 11.6 Å². The lowest BCUT2D eigenvalue weighted by Gasteiger charge is -2.15. The average Bonchev–Trinajstić information content (AvgIpc) is 2.45. The third-order valence-electron chi connectivity index (χ3n) is 3.17. The molecule has 0 radical (unpaired) electrons. The number of hydrogen-bond donors (Lipinski definition) is 0. The molecule has 21 heavy (non-hydrogen) atoms. The van der Waals surface area contributed by atoms with E-state index in [1.54, 1.807) is 12.2 Å². The molecule has 0 unspecified atom stereocenters. The number of aliphatic imine (C=N–C) groups is 1. The highest BCUT2D eigenvalue weighted by Crippen LogP contribution is 2.30. The topological polar surface area (TPSA) is 12.4 Å². The lowest BCUT2D eigenvalue weighted by molar-refractivity contribution is 0.582. The number of rotatable bonds is 5. The third kappa shape index (κ3) is 5.14. The summed E-state index contributed by atoms with van der Waals surface area (Å²) in [6, 6.07) is 0. The molecule has 0 saturated heterocycles. The lowest BCUT2D eigenvalue weighted by atomic mass is 9.95. The monoisotopic (exact) mass is 285 g/mol. The van der Waals surface area contributed by atoms with E-state index in [9.17, 15) is 4.39 Å². The fraction of sp³-hybridized carbons (Fsp3) is 0.316. The second-order valence-corrected chi connectivity index (χ2v) is 5.20. The Balaban J connectivity index is 3.42. The Labute approximate surface area is 127 Å². The van der Waals surface area contributed by atoms with Crippen molar-refractivity contribution in [1.29, 1.82) is 0 Å². The highest BCUT2D eigenvalue weighted by molar-refractivity contribution is 5.81. The minimum atomic E-state index is -0.0664. The van der Waals surface area contributed by atoms with Crippen LogP contribution >= 0.6 is 0 Å². The van der Waals surface area contributed by atoms with Gasteiger partial charge in [0.1, 0.15) is 5.83 Å². The van der Waals surface area contributed by atoms with Crippen LogP contribution in [0.4, 0.5) is 4.39 Å². The summed E-state index contributed by atoms with van der Waals surface area (Å²) >= 11 is 0. The maximum absolute atomic E-state index is 13.2. The van der Waals surface area contributed by atoms with Gasteiger partial charge in [0, 0.05) is 12.1 Å². The van der Waals surface area contributed by atoms with Crippen molar-refractivity contribution in [3.63, 3.8) is 0 Å². The number of nitrogens with zero attached hydrogens (tertiary/aromatic N) is 1. The Morgan fingerprint density at radius 3 is 2.43 bits per heavy atom. The van der Waals surface area contributed by atoms with E-state index in [0.29, 0.717) is 12.8 Å². The van der Waals surface area contributed by atoms with Crippen molar-refractivity contribution in [1.82, 2.24) is 0 Å². The molecule has 0 N–H and O–H groups in total. The first kappa shape index (κ1) is 17.1. The number of hydrogen-bond acceptors (Lipinski definition) is 1. The predicted octanol–water partition coefficient (Wildman–Crippen LogP) is 6.00. The van der Waals surface area contributed by atoms with Gasteiger partial charge in [-0.05, 0) is 56.9 Å². The van der Waals surface area contributed by atoms with Gasteiger partial charge in [-0.3, -0.25) is 4.99 Å². The van der Waals surface area contributed by atoms with Crippen molar-refractivity contribution >= 4 is 5.71 Å². The second kappa shape index (κ2) is 8.35. The first-order chi connectivity index (χ1) is 9.99. The Hall–Kier alpha value is -1.96. The molecule has 1 aliphatic carbocycles. The Morgan fingerprint density at radius 1 is 1.24 bits per heavy atom. The SMILES string of the molecule is C=C/C=C(\C=C/C)C(/C)=C(/N=C(C)C)C1=CC=C(F)CC1. The molecule has 0 atom stereocenters. The molecule has 2 heteroatoms.